The van der Waals surface area contributed by atoms with E-state index in [-0.39, 0.29) is 11.9 Å². The van der Waals surface area contributed by atoms with Gasteiger partial charge in [0.1, 0.15) is 5.75 Å². The van der Waals surface area contributed by atoms with Crippen LogP contribution in [0.3, 0.4) is 0 Å². The quantitative estimate of drug-likeness (QED) is 0.930. The summed E-state index contributed by atoms with van der Waals surface area (Å²) in [4.78, 5) is 14.1. The molecule has 1 amide bonds. The fourth-order valence-corrected chi connectivity index (χ4v) is 2.96. The maximum atomic E-state index is 12.5. The van der Waals surface area contributed by atoms with Crippen molar-refractivity contribution < 1.29 is 14.6 Å². The number of nitrogens with zero attached hydrogens (tertiary/aromatic N) is 1. The molecule has 1 aromatic carbocycles. The van der Waals surface area contributed by atoms with E-state index in [1.165, 1.54) is 0 Å². The number of amides is 1. The van der Waals surface area contributed by atoms with Gasteiger partial charge in [0.25, 0.3) is 5.91 Å². The lowest BCUT2D eigenvalue weighted by Gasteiger charge is -2.36. The van der Waals surface area contributed by atoms with E-state index in [9.17, 15) is 9.90 Å². The highest BCUT2D eigenvalue weighted by Gasteiger charge is 2.32. The molecule has 2 rings (SSSR count). The molecule has 1 fully saturated rings. The van der Waals surface area contributed by atoms with E-state index in [1.807, 2.05) is 12.1 Å². The zero-order valence-corrected chi connectivity index (χ0v) is 13.2. The molecule has 0 radical (unpaired) electrons. The van der Waals surface area contributed by atoms with Gasteiger partial charge in [-0.05, 0) is 31.9 Å². The van der Waals surface area contributed by atoms with E-state index < -0.39 is 12.2 Å². The van der Waals surface area contributed by atoms with Gasteiger partial charge in [-0.3, -0.25) is 4.79 Å². The average Bonchev–Trinajstić information content (AvgIpc) is 2.48. The average molecular weight is 312 g/mol. The van der Waals surface area contributed by atoms with Crippen LogP contribution in [0.5, 0.6) is 5.75 Å². The van der Waals surface area contributed by atoms with Crippen LogP contribution >= 0.6 is 11.6 Å². The highest BCUT2D eigenvalue weighted by Crippen LogP contribution is 2.26. The predicted octanol–water partition coefficient (Wildman–Crippen LogP) is 2.87. The lowest BCUT2D eigenvalue weighted by molar-refractivity contribution is -0.142. The topological polar surface area (TPSA) is 49.8 Å². The van der Waals surface area contributed by atoms with Crippen molar-refractivity contribution in [1.82, 2.24) is 4.90 Å². The Bertz CT molecular complexity index is 494. The smallest absolute Gasteiger partial charge is 0.263 e. The second-order valence-corrected chi connectivity index (χ2v) is 5.97. The van der Waals surface area contributed by atoms with Gasteiger partial charge in [0, 0.05) is 7.05 Å². The number of ether oxygens (including phenoxy) is 1. The summed E-state index contributed by atoms with van der Waals surface area (Å²) in [5.74, 6) is 0.360. The Labute approximate surface area is 130 Å². The summed E-state index contributed by atoms with van der Waals surface area (Å²) in [7, 11) is 1.73. The van der Waals surface area contributed by atoms with E-state index in [0.717, 1.165) is 25.7 Å². The van der Waals surface area contributed by atoms with Gasteiger partial charge in [0.2, 0.25) is 0 Å². The zero-order valence-electron chi connectivity index (χ0n) is 12.5. The SMILES string of the molecule is C[C@@H](Oc1ccccc1Cl)C(=O)N(C)[C@H]1CCCC[C@@H]1O. The lowest BCUT2D eigenvalue weighted by Crippen LogP contribution is -2.50. The van der Waals surface area contributed by atoms with Gasteiger partial charge in [-0.15, -0.1) is 0 Å². The Morgan fingerprint density at radius 3 is 2.71 bits per heavy atom. The van der Waals surface area contributed by atoms with E-state index in [4.69, 9.17) is 16.3 Å². The van der Waals surface area contributed by atoms with Crippen LogP contribution in [-0.4, -0.2) is 41.2 Å². The molecule has 1 aliphatic carbocycles. The van der Waals surface area contributed by atoms with Gasteiger partial charge in [-0.1, -0.05) is 36.6 Å². The molecule has 0 aliphatic heterocycles. The van der Waals surface area contributed by atoms with Gasteiger partial charge in [0.15, 0.2) is 6.10 Å². The van der Waals surface area contributed by atoms with Gasteiger partial charge >= 0.3 is 0 Å². The largest absolute Gasteiger partial charge is 0.479 e. The van der Waals surface area contributed by atoms with Crippen LogP contribution in [0, 0.1) is 0 Å². The Balaban J connectivity index is 2.00. The second-order valence-electron chi connectivity index (χ2n) is 5.56. The molecular weight excluding hydrogens is 290 g/mol. The van der Waals surface area contributed by atoms with Crippen LogP contribution in [0.1, 0.15) is 32.6 Å². The minimum atomic E-state index is -0.635. The number of carbonyl (C=O) groups is 1. The van der Waals surface area contributed by atoms with Crippen molar-refractivity contribution in [3.05, 3.63) is 29.3 Å². The normalized spacial score (nSPS) is 23.4. The van der Waals surface area contributed by atoms with Crippen molar-refractivity contribution >= 4 is 17.5 Å². The minimum absolute atomic E-state index is 0.122. The highest BCUT2D eigenvalue weighted by molar-refractivity contribution is 6.32. The fourth-order valence-electron chi connectivity index (χ4n) is 2.77. The predicted molar refractivity (Wildman–Crippen MR) is 82.6 cm³/mol. The number of carbonyl (C=O) groups excluding carboxylic acids is 1. The molecule has 1 N–H and O–H groups in total. The van der Waals surface area contributed by atoms with Gasteiger partial charge in [0.05, 0.1) is 17.2 Å². The van der Waals surface area contributed by atoms with Gasteiger partial charge < -0.3 is 14.7 Å². The van der Waals surface area contributed by atoms with Crippen LogP contribution in [0.25, 0.3) is 0 Å². The number of likely N-dealkylation sites (N-methyl/N-ethyl adjacent to an activating group) is 1. The lowest BCUT2D eigenvalue weighted by atomic mass is 9.91. The fraction of sp³-hybridized carbons (Fsp3) is 0.562. The Kier molecular flexibility index (Phi) is 5.48. The number of hydrogen-bond donors (Lipinski definition) is 1. The highest BCUT2D eigenvalue weighted by atomic mass is 35.5. The molecule has 1 aromatic rings. The Morgan fingerprint density at radius 1 is 1.38 bits per heavy atom. The number of para-hydroxylation sites is 1. The minimum Gasteiger partial charge on any atom is -0.479 e. The maximum Gasteiger partial charge on any atom is 0.263 e. The first kappa shape index (κ1) is 16.1. The number of rotatable bonds is 4. The van der Waals surface area contributed by atoms with Crippen molar-refractivity contribution in [1.29, 1.82) is 0 Å². The Morgan fingerprint density at radius 2 is 2.05 bits per heavy atom. The molecular formula is C16H22ClNO3. The van der Waals surface area contributed by atoms with Crippen LogP contribution in [0.2, 0.25) is 5.02 Å². The summed E-state index contributed by atoms with van der Waals surface area (Å²) in [6.07, 6.45) is 2.57. The first-order valence-corrected chi connectivity index (χ1v) is 7.74. The number of halogens is 1. The summed E-state index contributed by atoms with van der Waals surface area (Å²) in [6.45, 7) is 1.71. The van der Waals surface area contributed by atoms with Crippen molar-refractivity contribution in [3.63, 3.8) is 0 Å². The molecule has 3 atom stereocenters. The summed E-state index contributed by atoms with van der Waals surface area (Å²) in [5.41, 5.74) is 0. The van der Waals surface area contributed by atoms with Crippen LogP contribution in [-0.2, 0) is 4.79 Å². The van der Waals surface area contributed by atoms with E-state index in [0.29, 0.717) is 10.8 Å². The van der Waals surface area contributed by atoms with Crippen LogP contribution < -0.4 is 4.74 Å². The molecule has 4 nitrogen and oxygen atoms in total. The first-order valence-electron chi connectivity index (χ1n) is 7.36. The second kappa shape index (κ2) is 7.14. The van der Waals surface area contributed by atoms with Crippen LogP contribution in [0.4, 0.5) is 0 Å². The van der Waals surface area contributed by atoms with E-state index >= 15 is 0 Å². The molecule has 0 aromatic heterocycles. The molecule has 5 heteroatoms. The monoisotopic (exact) mass is 311 g/mol. The van der Waals surface area contributed by atoms with Gasteiger partial charge in [-0.25, -0.2) is 0 Å². The summed E-state index contributed by atoms with van der Waals surface area (Å²) in [6, 6.07) is 6.97. The molecule has 116 valence electrons. The number of aliphatic hydroxyl groups excluding tert-OH is 1. The first-order chi connectivity index (χ1) is 10.0. The van der Waals surface area contributed by atoms with E-state index in [1.54, 1.807) is 31.0 Å². The summed E-state index contributed by atoms with van der Waals surface area (Å²) in [5, 5.41) is 10.5. The molecule has 0 bridgehead atoms. The summed E-state index contributed by atoms with van der Waals surface area (Å²) >= 11 is 6.03. The third kappa shape index (κ3) is 3.89. The molecule has 0 heterocycles. The van der Waals surface area contributed by atoms with Crippen LogP contribution in [0.15, 0.2) is 24.3 Å². The standard InChI is InChI=1S/C16H22ClNO3/c1-11(21-15-10-6-3-7-12(15)17)16(20)18(2)13-8-4-5-9-14(13)19/h3,6-7,10-11,13-14,19H,4-5,8-9H2,1-2H3/t11-,13+,14+/m1/s1. The maximum absolute atomic E-state index is 12.5. The molecule has 1 saturated carbocycles. The number of aliphatic hydroxyl groups is 1. The molecule has 0 spiro atoms. The Hall–Kier alpha value is -1.26. The van der Waals surface area contributed by atoms with Crippen molar-refractivity contribution in [2.75, 3.05) is 7.05 Å². The third-order valence-corrected chi connectivity index (χ3v) is 4.34. The molecule has 0 unspecified atom stereocenters. The third-order valence-electron chi connectivity index (χ3n) is 4.03. The van der Waals surface area contributed by atoms with E-state index in [2.05, 4.69) is 0 Å². The summed E-state index contributed by atoms with van der Waals surface area (Å²) < 4.78 is 5.65. The number of hydrogen-bond acceptors (Lipinski definition) is 3. The van der Waals surface area contributed by atoms with Crippen molar-refractivity contribution in [3.8, 4) is 5.75 Å². The van der Waals surface area contributed by atoms with Gasteiger partial charge in [-0.2, -0.15) is 0 Å². The number of benzene rings is 1. The van der Waals surface area contributed by atoms with Crippen molar-refractivity contribution in [2.45, 2.75) is 50.9 Å². The molecule has 1 aliphatic rings. The molecule has 21 heavy (non-hydrogen) atoms. The molecule has 0 saturated heterocycles. The van der Waals surface area contributed by atoms with Crippen molar-refractivity contribution in [2.24, 2.45) is 0 Å². The zero-order chi connectivity index (χ0) is 15.4.